The molecule has 1 aliphatic rings. The van der Waals surface area contributed by atoms with Crippen molar-refractivity contribution in [3.8, 4) is 5.75 Å². The van der Waals surface area contributed by atoms with Crippen molar-refractivity contribution in [2.24, 2.45) is 4.99 Å². The highest BCUT2D eigenvalue weighted by atomic mass is 19.1. The van der Waals surface area contributed by atoms with Crippen LogP contribution in [0.25, 0.3) is 0 Å². The monoisotopic (exact) mass is 195 g/mol. The van der Waals surface area contributed by atoms with Gasteiger partial charge in [-0.1, -0.05) is 12.1 Å². The molecule has 0 amide bonds. The number of halogens is 1. The van der Waals surface area contributed by atoms with Crippen molar-refractivity contribution < 1.29 is 13.9 Å². The van der Waals surface area contributed by atoms with Crippen molar-refractivity contribution in [2.75, 3.05) is 13.2 Å². The fraction of sp³-hybridized carbons (Fsp3) is 0.300. The molecule has 0 aromatic heterocycles. The van der Waals surface area contributed by atoms with E-state index in [0.29, 0.717) is 13.2 Å². The van der Waals surface area contributed by atoms with Gasteiger partial charge in [-0.15, -0.1) is 0 Å². The standard InChI is InChI=1S/C10H10FNO2/c11-9-3-1-2-4-10(9)14-6-8-5-13-7-12-8/h1-4,7-8H,5-6H2. The van der Waals surface area contributed by atoms with E-state index in [1.807, 2.05) is 0 Å². The average Bonchev–Trinajstić information content (AvgIpc) is 2.69. The highest BCUT2D eigenvalue weighted by molar-refractivity contribution is 5.48. The van der Waals surface area contributed by atoms with Gasteiger partial charge in [0.25, 0.3) is 0 Å². The van der Waals surface area contributed by atoms with Crippen LogP contribution < -0.4 is 4.74 Å². The molecule has 0 saturated heterocycles. The fourth-order valence-corrected chi connectivity index (χ4v) is 1.17. The van der Waals surface area contributed by atoms with Crippen molar-refractivity contribution in [2.45, 2.75) is 6.04 Å². The second kappa shape index (κ2) is 4.09. The normalized spacial score (nSPS) is 19.4. The summed E-state index contributed by atoms with van der Waals surface area (Å²) in [5.74, 6) is -0.0926. The number of para-hydroxylation sites is 1. The van der Waals surface area contributed by atoms with E-state index in [4.69, 9.17) is 9.47 Å². The Morgan fingerprint density at radius 1 is 1.50 bits per heavy atom. The lowest BCUT2D eigenvalue weighted by Gasteiger charge is -2.08. The number of aliphatic imine (C=N–C) groups is 1. The molecule has 4 heteroatoms. The highest BCUT2D eigenvalue weighted by Gasteiger charge is 2.13. The number of nitrogens with zero attached hydrogens (tertiary/aromatic N) is 1. The first kappa shape index (κ1) is 8.99. The van der Waals surface area contributed by atoms with Crippen molar-refractivity contribution >= 4 is 6.40 Å². The number of ether oxygens (including phenoxy) is 2. The summed E-state index contributed by atoms with van der Waals surface area (Å²) in [7, 11) is 0. The molecule has 0 saturated carbocycles. The zero-order chi connectivity index (χ0) is 9.80. The Bertz CT molecular complexity index is 341. The van der Waals surface area contributed by atoms with Crippen LogP contribution in [0.5, 0.6) is 5.75 Å². The summed E-state index contributed by atoms with van der Waals surface area (Å²) >= 11 is 0. The van der Waals surface area contributed by atoms with E-state index in [0.717, 1.165) is 0 Å². The molecule has 1 heterocycles. The molecular formula is C10H10FNO2. The molecule has 0 spiro atoms. The van der Waals surface area contributed by atoms with E-state index in [9.17, 15) is 4.39 Å². The Labute approximate surface area is 81.2 Å². The number of benzene rings is 1. The highest BCUT2D eigenvalue weighted by Crippen LogP contribution is 2.16. The second-order valence-electron chi connectivity index (χ2n) is 2.98. The number of hydrogen-bond donors (Lipinski definition) is 0. The molecule has 1 unspecified atom stereocenters. The minimum Gasteiger partial charge on any atom is -0.488 e. The topological polar surface area (TPSA) is 30.8 Å². The van der Waals surface area contributed by atoms with Crippen molar-refractivity contribution in [1.29, 1.82) is 0 Å². The van der Waals surface area contributed by atoms with Crippen LogP contribution in [-0.2, 0) is 4.74 Å². The van der Waals surface area contributed by atoms with Gasteiger partial charge in [0.2, 0.25) is 0 Å². The molecule has 1 atom stereocenters. The smallest absolute Gasteiger partial charge is 0.170 e. The van der Waals surface area contributed by atoms with Crippen LogP contribution in [0.2, 0.25) is 0 Å². The van der Waals surface area contributed by atoms with Gasteiger partial charge in [-0.05, 0) is 12.1 Å². The van der Waals surface area contributed by atoms with Crippen molar-refractivity contribution in [3.05, 3.63) is 30.1 Å². The molecule has 14 heavy (non-hydrogen) atoms. The Kier molecular flexibility index (Phi) is 2.62. The molecule has 0 fully saturated rings. The van der Waals surface area contributed by atoms with E-state index in [2.05, 4.69) is 4.99 Å². The number of hydrogen-bond acceptors (Lipinski definition) is 3. The number of rotatable bonds is 3. The van der Waals surface area contributed by atoms with Gasteiger partial charge < -0.3 is 9.47 Å². The summed E-state index contributed by atoms with van der Waals surface area (Å²) in [6, 6.07) is 6.29. The van der Waals surface area contributed by atoms with E-state index in [-0.39, 0.29) is 17.6 Å². The predicted molar refractivity (Wildman–Crippen MR) is 50.1 cm³/mol. The Balaban J connectivity index is 1.91. The van der Waals surface area contributed by atoms with Crippen LogP contribution in [0, 0.1) is 5.82 Å². The molecule has 1 aromatic carbocycles. The summed E-state index contributed by atoms with van der Waals surface area (Å²) in [5, 5.41) is 0. The summed E-state index contributed by atoms with van der Waals surface area (Å²) in [5.41, 5.74) is 0. The van der Waals surface area contributed by atoms with Gasteiger partial charge in [0.1, 0.15) is 19.3 Å². The molecule has 3 nitrogen and oxygen atoms in total. The van der Waals surface area contributed by atoms with Gasteiger partial charge in [0, 0.05) is 0 Å². The van der Waals surface area contributed by atoms with E-state index < -0.39 is 0 Å². The van der Waals surface area contributed by atoms with Crippen LogP contribution in [0.1, 0.15) is 0 Å². The Morgan fingerprint density at radius 3 is 3.07 bits per heavy atom. The largest absolute Gasteiger partial charge is 0.488 e. The molecule has 1 aromatic rings. The minimum atomic E-state index is -0.351. The third-order valence-electron chi connectivity index (χ3n) is 1.90. The van der Waals surface area contributed by atoms with Gasteiger partial charge in [-0.2, -0.15) is 0 Å². The third-order valence-corrected chi connectivity index (χ3v) is 1.90. The quantitative estimate of drug-likeness (QED) is 0.734. The van der Waals surface area contributed by atoms with Gasteiger partial charge in [-0.3, -0.25) is 0 Å². The van der Waals surface area contributed by atoms with Crippen LogP contribution in [0.4, 0.5) is 4.39 Å². The maximum atomic E-state index is 13.1. The maximum Gasteiger partial charge on any atom is 0.170 e. The SMILES string of the molecule is Fc1ccccc1OCC1COC=N1. The first-order valence-electron chi connectivity index (χ1n) is 4.37. The first-order chi connectivity index (χ1) is 6.86. The van der Waals surface area contributed by atoms with Crippen LogP contribution in [0.3, 0.4) is 0 Å². The summed E-state index contributed by atoms with van der Waals surface area (Å²) in [6.45, 7) is 0.853. The van der Waals surface area contributed by atoms with E-state index in [1.165, 1.54) is 12.5 Å². The average molecular weight is 195 g/mol. The van der Waals surface area contributed by atoms with E-state index in [1.54, 1.807) is 18.2 Å². The van der Waals surface area contributed by atoms with E-state index >= 15 is 0 Å². The minimum absolute atomic E-state index is 0.0189. The second-order valence-corrected chi connectivity index (χ2v) is 2.98. The maximum absolute atomic E-state index is 13.1. The summed E-state index contributed by atoms with van der Waals surface area (Å²) in [6.07, 6.45) is 1.40. The molecular weight excluding hydrogens is 185 g/mol. The zero-order valence-electron chi connectivity index (χ0n) is 7.52. The van der Waals surface area contributed by atoms with Crippen LogP contribution >= 0.6 is 0 Å². The van der Waals surface area contributed by atoms with Gasteiger partial charge in [0.05, 0.1) is 0 Å². The van der Waals surface area contributed by atoms with Crippen molar-refractivity contribution in [3.63, 3.8) is 0 Å². The Morgan fingerprint density at radius 2 is 2.36 bits per heavy atom. The third kappa shape index (κ3) is 2.02. The zero-order valence-corrected chi connectivity index (χ0v) is 7.52. The lowest BCUT2D eigenvalue weighted by Crippen LogP contribution is -2.17. The lowest BCUT2D eigenvalue weighted by atomic mass is 10.3. The van der Waals surface area contributed by atoms with Gasteiger partial charge in [0.15, 0.2) is 18.0 Å². The van der Waals surface area contributed by atoms with Gasteiger partial charge >= 0.3 is 0 Å². The van der Waals surface area contributed by atoms with Crippen LogP contribution in [-0.4, -0.2) is 25.7 Å². The predicted octanol–water partition coefficient (Wildman–Crippen LogP) is 1.63. The summed E-state index contributed by atoms with van der Waals surface area (Å²) < 4.78 is 23.2. The molecule has 0 aliphatic carbocycles. The van der Waals surface area contributed by atoms with Gasteiger partial charge in [-0.25, -0.2) is 9.38 Å². The molecule has 2 rings (SSSR count). The molecule has 0 radical (unpaired) electrons. The lowest BCUT2D eigenvalue weighted by molar-refractivity contribution is 0.239. The molecule has 74 valence electrons. The first-order valence-corrected chi connectivity index (χ1v) is 4.37. The Hall–Kier alpha value is -1.58. The molecule has 1 aliphatic heterocycles. The van der Waals surface area contributed by atoms with Crippen LogP contribution in [0.15, 0.2) is 29.3 Å². The molecule has 0 bridgehead atoms. The summed E-state index contributed by atoms with van der Waals surface area (Å²) in [4.78, 5) is 3.99. The fourth-order valence-electron chi connectivity index (χ4n) is 1.17. The van der Waals surface area contributed by atoms with Crippen molar-refractivity contribution in [1.82, 2.24) is 0 Å². The molecule has 0 N–H and O–H groups in total.